The van der Waals surface area contributed by atoms with Crippen LogP contribution in [0.1, 0.15) is 42.5 Å². The highest BCUT2D eigenvalue weighted by Gasteiger charge is 2.20. The zero-order chi connectivity index (χ0) is 13.8. The van der Waals surface area contributed by atoms with Crippen molar-refractivity contribution in [1.82, 2.24) is 5.32 Å². The number of amides is 1. The smallest absolute Gasteiger partial charge is 0.305 e. The maximum absolute atomic E-state index is 13.2. The van der Waals surface area contributed by atoms with Gasteiger partial charge in [0.1, 0.15) is 0 Å². The number of carbonyl (C=O) groups excluding carboxylic acids is 1. The number of nitro groups is 1. The number of nitrogens with zero attached hydrogens (tertiary/aromatic N) is 1. The molecular weight excluding hydrogens is 251 g/mol. The predicted octanol–water partition coefficient (Wildman–Crippen LogP) is 2.80. The number of rotatable bonds is 3. The van der Waals surface area contributed by atoms with Crippen LogP contribution in [0.4, 0.5) is 10.1 Å². The van der Waals surface area contributed by atoms with Crippen LogP contribution in [0.25, 0.3) is 0 Å². The van der Waals surface area contributed by atoms with Crippen molar-refractivity contribution in [2.75, 3.05) is 0 Å². The summed E-state index contributed by atoms with van der Waals surface area (Å²) in [5.74, 6) is -1.31. The van der Waals surface area contributed by atoms with Gasteiger partial charge in [0.05, 0.1) is 4.92 Å². The summed E-state index contributed by atoms with van der Waals surface area (Å²) in [7, 11) is 0. The number of hydrogen-bond acceptors (Lipinski definition) is 3. The highest BCUT2D eigenvalue weighted by Crippen LogP contribution is 2.20. The first-order valence-electron chi connectivity index (χ1n) is 6.33. The van der Waals surface area contributed by atoms with Gasteiger partial charge in [0.2, 0.25) is 5.82 Å². The van der Waals surface area contributed by atoms with Crippen molar-refractivity contribution in [3.8, 4) is 0 Å². The first-order valence-corrected chi connectivity index (χ1v) is 6.33. The highest BCUT2D eigenvalue weighted by atomic mass is 19.1. The SMILES string of the molecule is O=C(NC1CCCCC1)c1ccc(F)c([N+](=O)[O-])c1. The molecule has 19 heavy (non-hydrogen) atoms. The number of benzene rings is 1. The summed E-state index contributed by atoms with van der Waals surface area (Å²) in [6.07, 6.45) is 5.18. The van der Waals surface area contributed by atoms with Crippen LogP contribution in [0.15, 0.2) is 18.2 Å². The Labute approximate surface area is 110 Å². The summed E-state index contributed by atoms with van der Waals surface area (Å²) >= 11 is 0. The van der Waals surface area contributed by atoms with E-state index >= 15 is 0 Å². The van der Waals surface area contributed by atoms with Crippen molar-refractivity contribution in [2.24, 2.45) is 0 Å². The Bertz CT molecular complexity index is 499. The maximum atomic E-state index is 13.2. The second-order valence-corrected chi connectivity index (χ2v) is 4.73. The fourth-order valence-corrected chi connectivity index (χ4v) is 2.31. The quantitative estimate of drug-likeness (QED) is 0.675. The molecule has 1 aliphatic carbocycles. The van der Waals surface area contributed by atoms with Gasteiger partial charge in [-0.3, -0.25) is 14.9 Å². The van der Waals surface area contributed by atoms with Crippen molar-refractivity contribution >= 4 is 11.6 Å². The molecule has 0 aromatic heterocycles. The van der Waals surface area contributed by atoms with Crippen LogP contribution in [0.5, 0.6) is 0 Å². The lowest BCUT2D eigenvalue weighted by Gasteiger charge is -2.22. The van der Waals surface area contributed by atoms with Gasteiger partial charge in [-0.2, -0.15) is 4.39 Å². The van der Waals surface area contributed by atoms with Crippen molar-refractivity contribution in [3.63, 3.8) is 0 Å². The van der Waals surface area contributed by atoms with Crippen LogP contribution in [-0.2, 0) is 0 Å². The van der Waals surface area contributed by atoms with Crippen molar-refractivity contribution < 1.29 is 14.1 Å². The third-order valence-corrected chi connectivity index (χ3v) is 3.35. The molecule has 6 heteroatoms. The van der Waals surface area contributed by atoms with E-state index in [1.165, 1.54) is 12.5 Å². The second kappa shape index (κ2) is 5.77. The lowest BCUT2D eigenvalue weighted by atomic mass is 9.95. The van der Waals surface area contributed by atoms with Gasteiger partial charge in [-0.15, -0.1) is 0 Å². The third kappa shape index (κ3) is 3.27. The van der Waals surface area contributed by atoms with Gasteiger partial charge in [-0.25, -0.2) is 0 Å². The molecule has 0 radical (unpaired) electrons. The van der Waals surface area contributed by atoms with Gasteiger partial charge in [0.15, 0.2) is 0 Å². The number of hydrogen-bond donors (Lipinski definition) is 1. The van der Waals surface area contributed by atoms with Crippen LogP contribution >= 0.6 is 0 Å². The zero-order valence-corrected chi connectivity index (χ0v) is 10.4. The first-order chi connectivity index (χ1) is 9.08. The van der Waals surface area contributed by atoms with Crippen molar-refractivity contribution in [1.29, 1.82) is 0 Å². The Hall–Kier alpha value is -1.98. The van der Waals surface area contributed by atoms with Gasteiger partial charge in [-0.1, -0.05) is 19.3 Å². The molecule has 1 fully saturated rings. The number of halogens is 1. The van der Waals surface area contributed by atoms with Gasteiger partial charge >= 0.3 is 5.69 Å². The van der Waals surface area contributed by atoms with E-state index in [0.717, 1.165) is 37.8 Å². The average molecular weight is 266 g/mol. The molecule has 0 heterocycles. The minimum absolute atomic E-state index is 0.116. The largest absolute Gasteiger partial charge is 0.349 e. The molecule has 0 bridgehead atoms. The molecule has 1 N–H and O–H groups in total. The lowest BCUT2D eigenvalue weighted by molar-refractivity contribution is -0.387. The fraction of sp³-hybridized carbons (Fsp3) is 0.462. The van der Waals surface area contributed by atoms with Crippen LogP contribution < -0.4 is 5.32 Å². The molecule has 1 amide bonds. The van der Waals surface area contributed by atoms with Crippen LogP contribution in [0.2, 0.25) is 0 Å². The molecule has 1 aliphatic rings. The van der Waals surface area contributed by atoms with Crippen molar-refractivity contribution in [3.05, 3.63) is 39.7 Å². The second-order valence-electron chi connectivity index (χ2n) is 4.73. The lowest BCUT2D eigenvalue weighted by Crippen LogP contribution is -2.36. The van der Waals surface area contributed by atoms with E-state index in [-0.39, 0.29) is 17.5 Å². The standard InChI is InChI=1S/C13H15FN2O3/c14-11-7-6-9(8-12(11)16(18)19)13(17)15-10-4-2-1-3-5-10/h6-8,10H,1-5H2,(H,15,17). The Morgan fingerprint density at radius 3 is 2.63 bits per heavy atom. The molecule has 5 nitrogen and oxygen atoms in total. The Balaban J connectivity index is 2.10. The highest BCUT2D eigenvalue weighted by molar-refractivity contribution is 5.95. The predicted molar refractivity (Wildman–Crippen MR) is 67.4 cm³/mol. The molecule has 102 valence electrons. The normalized spacial score (nSPS) is 16.1. The molecule has 2 rings (SSSR count). The topological polar surface area (TPSA) is 72.2 Å². The van der Waals surface area contributed by atoms with E-state index < -0.39 is 16.4 Å². The molecule has 0 aliphatic heterocycles. The minimum atomic E-state index is -0.931. The Morgan fingerprint density at radius 1 is 1.32 bits per heavy atom. The summed E-state index contributed by atoms with van der Waals surface area (Å²) in [6, 6.07) is 3.31. The molecule has 0 saturated heterocycles. The molecule has 0 atom stereocenters. The Kier molecular flexibility index (Phi) is 4.09. The molecule has 1 aromatic rings. The third-order valence-electron chi connectivity index (χ3n) is 3.35. The summed E-state index contributed by atoms with van der Waals surface area (Å²) in [5, 5.41) is 13.5. The number of nitro benzene ring substituents is 1. The number of nitrogens with one attached hydrogen (secondary N) is 1. The van der Waals surface area contributed by atoms with Gasteiger partial charge < -0.3 is 5.32 Å². The van der Waals surface area contributed by atoms with E-state index in [1.807, 2.05) is 0 Å². The van der Waals surface area contributed by atoms with Crippen LogP contribution in [-0.4, -0.2) is 16.9 Å². The van der Waals surface area contributed by atoms with E-state index in [2.05, 4.69) is 5.32 Å². The molecular formula is C13H15FN2O3. The summed E-state index contributed by atoms with van der Waals surface area (Å²) in [4.78, 5) is 21.7. The molecule has 0 unspecified atom stereocenters. The first kappa shape index (κ1) is 13.5. The van der Waals surface area contributed by atoms with E-state index in [1.54, 1.807) is 0 Å². The van der Waals surface area contributed by atoms with Gasteiger partial charge in [-0.05, 0) is 25.0 Å². The maximum Gasteiger partial charge on any atom is 0.305 e. The van der Waals surface area contributed by atoms with E-state index in [4.69, 9.17) is 0 Å². The fourth-order valence-electron chi connectivity index (χ4n) is 2.31. The average Bonchev–Trinajstić information content (AvgIpc) is 2.40. The Morgan fingerprint density at radius 2 is 2.00 bits per heavy atom. The van der Waals surface area contributed by atoms with Gasteiger partial charge in [0.25, 0.3) is 5.91 Å². The number of carbonyl (C=O) groups is 1. The van der Waals surface area contributed by atoms with Crippen LogP contribution in [0.3, 0.4) is 0 Å². The van der Waals surface area contributed by atoms with Gasteiger partial charge in [0, 0.05) is 17.7 Å². The minimum Gasteiger partial charge on any atom is -0.349 e. The summed E-state index contributed by atoms with van der Waals surface area (Å²) in [5.41, 5.74) is -0.546. The summed E-state index contributed by atoms with van der Waals surface area (Å²) in [6.45, 7) is 0. The van der Waals surface area contributed by atoms with E-state index in [9.17, 15) is 19.3 Å². The monoisotopic (exact) mass is 266 g/mol. The van der Waals surface area contributed by atoms with Crippen LogP contribution in [0, 0.1) is 15.9 Å². The zero-order valence-electron chi connectivity index (χ0n) is 10.4. The summed E-state index contributed by atoms with van der Waals surface area (Å²) < 4.78 is 13.2. The van der Waals surface area contributed by atoms with Crippen molar-refractivity contribution in [2.45, 2.75) is 38.1 Å². The van der Waals surface area contributed by atoms with E-state index in [0.29, 0.717) is 0 Å². The molecule has 1 aromatic carbocycles. The molecule has 0 spiro atoms. The molecule has 1 saturated carbocycles.